The number of rotatable bonds is 4. The van der Waals surface area contributed by atoms with Gasteiger partial charge in [-0.05, 0) is 19.9 Å². The number of ether oxygens (including phenoxy) is 2. The second-order valence-electron chi connectivity index (χ2n) is 2.99. The summed E-state index contributed by atoms with van der Waals surface area (Å²) in [5.41, 5.74) is 0.756. The molecule has 1 aromatic carbocycles. The number of hydrogen-bond acceptors (Lipinski definition) is 3. The van der Waals surface area contributed by atoms with E-state index in [1.165, 1.54) is 0 Å². The average Bonchev–Trinajstić information content (AvgIpc) is 2.18. The molecule has 0 aliphatic heterocycles. The normalized spacial score (nSPS) is 12.3. The summed E-state index contributed by atoms with van der Waals surface area (Å²) in [6.45, 7) is 4.16. The van der Waals surface area contributed by atoms with Crippen LogP contribution in [0.25, 0.3) is 0 Å². The van der Waals surface area contributed by atoms with Gasteiger partial charge in [0, 0.05) is 5.56 Å². The van der Waals surface area contributed by atoms with E-state index in [4.69, 9.17) is 9.47 Å². The number of aliphatic hydroxyl groups excluding tert-OH is 1. The molecule has 0 spiro atoms. The molecule has 1 aromatic rings. The summed E-state index contributed by atoms with van der Waals surface area (Å²) in [7, 11) is 1.59. The maximum absolute atomic E-state index is 9.52. The van der Waals surface area contributed by atoms with Crippen LogP contribution in [0.4, 0.5) is 0 Å². The summed E-state index contributed by atoms with van der Waals surface area (Å²) in [6.07, 6.45) is -0.549. The lowest BCUT2D eigenvalue weighted by atomic mass is 10.1. The first-order valence-corrected chi connectivity index (χ1v) is 4.68. The van der Waals surface area contributed by atoms with Gasteiger partial charge in [0.15, 0.2) is 11.5 Å². The summed E-state index contributed by atoms with van der Waals surface area (Å²) < 4.78 is 10.6. The number of para-hydroxylation sites is 1. The highest BCUT2D eigenvalue weighted by atomic mass is 16.5. The molecule has 0 aromatic heterocycles. The van der Waals surface area contributed by atoms with Gasteiger partial charge in [0.05, 0.1) is 19.8 Å². The summed E-state index contributed by atoms with van der Waals surface area (Å²) in [4.78, 5) is 0. The minimum atomic E-state index is -0.549. The third-order valence-electron chi connectivity index (χ3n) is 1.97. The minimum absolute atomic E-state index is 0.549. The lowest BCUT2D eigenvalue weighted by molar-refractivity contribution is 0.190. The standard InChI is InChI=1S/C11H16O3/c1-4-14-11-9(8(2)12)6-5-7-10(11)13-3/h5-8,12H,4H2,1-3H3. The molecule has 0 saturated heterocycles. The molecule has 0 heterocycles. The fourth-order valence-electron chi connectivity index (χ4n) is 1.32. The Labute approximate surface area is 84.3 Å². The molecule has 0 radical (unpaired) electrons. The number of methoxy groups -OCH3 is 1. The zero-order valence-electron chi connectivity index (χ0n) is 8.78. The quantitative estimate of drug-likeness (QED) is 0.801. The first-order chi connectivity index (χ1) is 6.70. The van der Waals surface area contributed by atoms with Gasteiger partial charge in [0.25, 0.3) is 0 Å². The van der Waals surface area contributed by atoms with E-state index in [1.807, 2.05) is 25.1 Å². The van der Waals surface area contributed by atoms with Crippen molar-refractivity contribution in [3.63, 3.8) is 0 Å². The van der Waals surface area contributed by atoms with E-state index < -0.39 is 6.10 Å². The Balaban J connectivity index is 3.13. The van der Waals surface area contributed by atoms with E-state index in [0.29, 0.717) is 18.1 Å². The predicted molar refractivity (Wildman–Crippen MR) is 54.8 cm³/mol. The van der Waals surface area contributed by atoms with Crippen molar-refractivity contribution in [3.05, 3.63) is 23.8 Å². The highest BCUT2D eigenvalue weighted by Gasteiger charge is 2.13. The van der Waals surface area contributed by atoms with Gasteiger partial charge >= 0.3 is 0 Å². The van der Waals surface area contributed by atoms with E-state index >= 15 is 0 Å². The zero-order valence-corrected chi connectivity index (χ0v) is 8.78. The molecule has 0 aliphatic rings. The molecule has 1 atom stereocenters. The van der Waals surface area contributed by atoms with Gasteiger partial charge in [0.1, 0.15) is 0 Å². The van der Waals surface area contributed by atoms with Crippen molar-refractivity contribution in [1.29, 1.82) is 0 Å². The van der Waals surface area contributed by atoms with E-state index in [9.17, 15) is 5.11 Å². The van der Waals surface area contributed by atoms with Gasteiger partial charge in [-0.1, -0.05) is 12.1 Å². The van der Waals surface area contributed by atoms with Crippen molar-refractivity contribution in [2.24, 2.45) is 0 Å². The molecule has 0 aliphatic carbocycles. The fraction of sp³-hybridized carbons (Fsp3) is 0.455. The molecule has 1 rings (SSSR count). The Kier molecular flexibility index (Phi) is 3.77. The second kappa shape index (κ2) is 4.86. The van der Waals surface area contributed by atoms with Crippen LogP contribution >= 0.6 is 0 Å². The predicted octanol–water partition coefficient (Wildman–Crippen LogP) is 2.15. The second-order valence-corrected chi connectivity index (χ2v) is 2.99. The molecule has 3 heteroatoms. The van der Waals surface area contributed by atoms with Crippen LogP contribution in [0.1, 0.15) is 25.5 Å². The van der Waals surface area contributed by atoms with E-state index in [2.05, 4.69) is 0 Å². The first-order valence-electron chi connectivity index (χ1n) is 4.68. The van der Waals surface area contributed by atoms with Crippen LogP contribution in [-0.4, -0.2) is 18.8 Å². The zero-order chi connectivity index (χ0) is 10.6. The van der Waals surface area contributed by atoms with E-state index in [1.54, 1.807) is 14.0 Å². The molecule has 0 amide bonds. The van der Waals surface area contributed by atoms with Gasteiger partial charge in [0.2, 0.25) is 0 Å². The Morgan fingerprint density at radius 2 is 2.14 bits per heavy atom. The number of hydrogen-bond donors (Lipinski definition) is 1. The van der Waals surface area contributed by atoms with Gasteiger partial charge in [-0.2, -0.15) is 0 Å². The van der Waals surface area contributed by atoms with Crippen LogP contribution < -0.4 is 9.47 Å². The van der Waals surface area contributed by atoms with Crippen LogP contribution in [0, 0.1) is 0 Å². The van der Waals surface area contributed by atoms with Crippen molar-refractivity contribution >= 4 is 0 Å². The lowest BCUT2D eigenvalue weighted by Gasteiger charge is -2.15. The molecular formula is C11H16O3. The Morgan fingerprint density at radius 1 is 1.43 bits per heavy atom. The maximum Gasteiger partial charge on any atom is 0.166 e. The smallest absolute Gasteiger partial charge is 0.166 e. The molecule has 3 nitrogen and oxygen atoms in total. The van der Waals surface area contributed by atoms with Gasteiger partial charge < -0.3 is 14.6 Å². The minimum Gasteiger partial charge on any atom is -0.493 e. The molecule has 1 N–H and O–H groups in total. The summed E-state index contributed by atoms with van der Waals surface area (Å²) in [6, 6.07) is 5.48. The Bertz CT molecular complexity index is 295. The number of benzene rings is 1. The largest absolute Gasteiger partial charge is 0.493 e. The maximum atomic E-state index is 9.52. The Morgan fingerprint density at radius 3 is 2.64 bits per heavy atom. The van der Waals surface area contributed by atoms with Crippen molar-refractivity contribution in [3.8, 4) is 11.5 Å². The van der Waals surface area contributed by atoms with Crippen molar-refractivity contribution < 1.29 is 14.6 Å². The van der Waals surface area contributed by atoms with Crippen molar-refractivity contribution in [2.45, 2.75) is 20.0 Å². The van der Waals surface area contributed by atoms with Crippen LogP contribution in [0.2, 0.25) is 0 Å². The SMILES string of the molecule is CCOc1c(OC)cccc1C(C)O. The van der Waals surface area contributed by atoms with E-state index in [-0.39, 0.29) is 0 Å². The topological polar surface area (TPSA) is 38.7 Å². The van der Waals surface area contributed by atoms with Gasteiger partial charge in [-0.25, -0.2) is 0 Å². The summed E-state index contributed by atoms with van der Waals surface area (Å²) >= 11 is 0. The third kappa shape index (κ3) is 2.17. The highest BCUT2D eigenvalue weighted by molar-refractivity contribution is 5.47. The van der Waals surface area contributed by atoms with Gasteiger partial charge in [-0.15, -0.1) is 0 Å². The molecule has 0 bridgehead atoms. The van der Waals surface area contributed by atoms with Crippen LogP contribution in [0.5, 0.6) is 11.5 Å². The first kappa shape index (κ1) is 10.9. The monoisotopic (exact) mass is 196 g/mol. The van der Waals surface area contributed by atoms with Crippen LogP contribution in [-0.2, 0) is 0 Å². The number of aliphatic hydroxyl groups is 1. The molecule has 0 fully saturated rings. The molecule has 1 unspecified atom stereocenters. The van der Waals surface area contributed by atoms with Crippen LogP contribution in [0.3, 0.4) is 0 Å². The fourth-order valence-corrected chi connectivity index (χ4v) is 1.32. The van der Waals surface area contributed by atoms with Crippen molar-refractivity contribution in [1.82, 2.24) is 0 Å². The molecule has 0 saturated carbocycles. The Hall–Kier alpha value is -1.22. The molecule has 78 valence electrons. The van der Waals surface area contributed by atoms with Gasteiger partial charge in [-0.3, -0.25) is 0 Å². The van der Waals surface area contributed by atoms with Crippen molar-refractivity contribution in [2.75, 3.05) is 13.7 Å². The molecular weight excluding hydrogens is 180 g/mol. The van der Waals surface area contributed by atoms with E-state index in [0.717, 1.165) is 5.56 Å². The summed E-state index contributed by atoms with van der Waals surface area (Å²) in [5, 5.41) is 9.52. The lowest BCUT2D eigenvalue weighted by Crippen LogP contribution is -2.01. The summed E-state index contributed by atoms with van der Waals surface area (Å²) in [5.74, 6) is 1.29. The average molecular weight is 196 g/mol. The highest BCUT2D eigenvalue weighted by Crippen LogP contribution is 2.34. The third-order valence-corrected chi connectivity index (χ3v) is 1.97. The molecule has 14 heavy (non-hydrogen) atoms. The van der Waals surface area contributed by atoms with Crippen LogP contribution in [0.15, 0.2) is 18.2 Å².